The molecule has 0 saturated heterocycles. The molecule has 1 atom stereocenters. The van der Waals surface area contributed by atoms with E-state index in [1.165, 1.54) is 19.3 Å². The molecular formula is C9H19NO. The van der Waals surface area contributed by atoms with E-state index in [0.717, 1.165) is 19.4 Å². The zero-order valence-electron chi connectivity index (χ0n) is 7.34. The molecule has 2 nitrogen and oxygen atoms in total. The fourth-order valence-corrected chi connectivity index (χ4v) is 1.35. The smallest absolute Gasteiger partial charge is 0.0664 e. The monoisotopic (exact) mass is 157 g/mol. The minimum atomic E-state index is -0.124. The average Bonchev–Trinajstić information content (AvgIpc) is 1.85. The normalized spacial score (nSPS) is 21.3. The fraction of sp³-hybridized carbons (Fsp3) is 1.00. The minimum Gasteiger partial charge on any atom is -0.392 e. The summed E-state index contributed by atoms with van der Waals surface area (Å²) < 4.78 is 0. The number of rotatable bonds is 5. The van der Waals surface area contributed by atoms with Gasteiger partial charge in [-0.05, 0) is 19.3 Å². The van der Waals surface area contributed by atoms with Crippen LogP contribution >= 0.6 is 0 Å². The maximum atomic E-state index is 9.36. The van der Waals surface area contributed by atoms with Gasteiger partial charge in [-0.15, -0.1) is 0 Å². The third-order valence-electron chi connectivity index (χ3n) is 2.37. The van der Waals surface area contributed by atoms with Crippen molar-refractivity contribution >= 4 is 0 Å². The molecule has 0 aromatic carbocycles. The maximum Gasteiger partial charge on any atom is 0.0664 e. The summed E-state index contributed by atoms with van der Waals surface area (Å²) in [6, 6.07) is 0.710. The van der Waals surface area contributed by atoms with Gasteiger partial charge in [0.15, 0.2) is 0 Å². The standard InChI is InChI=1S/C9H19NO/c1-2-4-9(11)7-10-8-5-3-6-8/h8-11H,2-7H2,1H3. The summed E-state index contributed by atoms with van der Waals surface area (Å²) in [6.45, 7) is 2.89. The minimum absolute atomic E-state index is 0.124. The molecule has 1 rings (SSSR count). The van der Waals surface area contributed by atoms with Crippen molar-refractivity contribution in [2.45, 2.75) is 51.2 Å². The van der Waals surface area contributed by atoms with Gasteiger partial charge in [-0.25, -0.2) is 0 Å². The van der Waals surface area contributed by atoms with E-state index < -0.39 is 0 Å². The van der Waals surface area contributed by atoms with E-state index in [1.807, 2.05) is 0 Å². The van der Waals surface area contributed by atoms with Gasteiger partial charge in [0, 0.05) is 12.6 Å². The average molecular weight is 157 g/mol. The van der Waals surface area contributed by atoms with Gasteiger partial charge in [0.25, 0.3) is 0 Å². The van der Waals surface area contributed by atoms with E-state index in [9.17, 15) is 5.11 Å². The lowest BCUT2D eigenvalue weighted by Crippen LogP contribution is -2.39. The first-order valence-electron chi connectivity index (χ1n) is 4.74. The molecule has 66 valence electrons. The molecule has 1 saturated carbocycles. The molecule has 11 heavy (non-hydrogen) atoms. The molecule has 0 heterocycles. The van der Waals surface area contributed by atoms with Crippen LogP contribution in [0.1, 0.15) is 39.0 Å². The van der Waals surface area contributed by atoms with Crippen molar-refractivity contribution in [3.8, 4) is 0 Å². The summed E-state index contributed by atoms with van der Waals surface area (Å²) >= 11 is 0. The van der Waals surface area contributed by atoms with E-state index in [0.29, 0.717) is 6.04 Å². The number of nitrogens with one attached hydrogen (secondary N) is 1. The molecule has 2 N–H and O–H groups in total. The predicted octanol–water partition coefficient (Wildman–Crippen LogP) is 1.29. The topological polar surface area (TPSA) is 32.3 Å². The highest BCUT2D eigenvalue weighted by atomic mass is 16.3. The zero-order valence-corrected chi connectivity index (χ0v) is 7.34. The second-order valence-electron chi connectivity index (χ2n) is 3.48. The molecule has 0 amide bonds. The van der Waals surface area contributed by atoms with Gasteiger partial charge >= 0.3 is 0 Å². The summed E-state index contributed by atoms with van der Waals surface area (Å²) in [5.74, 6) is 0. The lowest BCUT2D eigenvalue weighted by atomic mass is 9.93. The van der Waals surface area contributed by atoms with Crippen LogP contribution in [0.15, 0.2) is 0 Å². The van der Waals surface area contributed by atoms with E-state index >= 15 is 0 Å². The summed E-state index contributed by atoms with van der Waals surface area (Å²) in [5.41, 5.74) is 0. The van der Waals surface area contributed by atoms with Gasteiger partial charge in [0.1, 0.15) is 0 Å². The lowest BCUT2D eigenvalue weighted by Gasteiger charge is -2.27. The fourth-order valence-electron chi connectivity index (χ4n) is 1.35. The SMILES string of the molecule is CCCC(O)CNC1CCC1. The molecule has 0 aromatic heterocycles. The molecule has 1 aliphatic carbocycles. The highest BCUT2D eigenvalue weighted by molar-refractivity contribution is 4.77. The third-order valence-corrected chi connectivity index (χ3v) is 2.37. The molecule has 0 aromatic rings. The number of aliphatic hydroxyl groups excluding tert-OH is 1. The van der Waals surface area contributed by atoms with Gasteiger partial charge in [-0.2, -0.15) is 0 Å². The van der Waals surface area contributed by atoms with Crippen molar-refractivity contribution < 1.29 is 5.11 Å². The molecule has 0 spiro atoms. The molecule has 1 fully saturated rings. The van der Waals surface area contributed by atoms with Crippen LogP contribution in [0, 0.1) is 0 Å². The van der Waals surface area contributed by atoms with Crippen molar-refractivity contribution in [2.24, 2.45) is 0 Å². The van der Waals surface area contributed by atoms with Crippen LogP contribution in [0.3, 0.4) is 0 Å². The third kappa shape index (κ3) is 3.21. The van der Waals surface area contributed by atoms with Crippen molar-refractivity contribution in [2.75, 3.05) is 6.54 Å². The van der Waals surface area contributed by atoms with E-state index in [1.54, 1.807) is 0 Å². The Morgan fingerprint density at radius 2 is 2.27 bits per heavy atom. The number of hydrogen-bond acceptors (Lipinski definition) is 2. The summed E-state index contributed by atoms with van der Waals surface area (Å²) in [4.78, 5) is 0. The first-order valence-corrected chi connectivity index (χ1v) is 4.74. The maximum absolute atomic E-state index is 9.36. The summed E-state index contributed by atoms with van der Waals surface area (Å²) in [6.07, 6.45) is 5.85. The Balaban J connectivity index is 1.92. The van der Waals surface area contributed by atoms with Crippen LogP contribution in [-0.4, -0.2) is 23.8 Å². The molecule has 0 radical (unpaired) electrons. The van der Waals surface area contributed by atoms with Gasteiger partial charge in [-0.1, -0.05) is 19.8 Å². The second kappa shape index (κ2) is 4.73. The summed E-state index contributed by atoms with van der Waals surface area (Å²) in [7, 11) is 0. The molecule has 2 heteroatoms. The quantitative estimate of drug-likeness (QED) is 0.630. The van der Waals surface area contributed by atoms with E-state index in [2.05, 4.69) is 12.2 Å². The van der Waals surface area contributed by atoms with Crippen molar-refractivity contribution in [3.05, 3.63) is 0 Å². The highest BCUT2D eigenvalue weighted by Gasteiger charge is 2.17. The Hall–Kier alpha value is -0.0800. The Kier molecular flexibility index (Phi) is 3.87. The van der Waals surface area contributed by atoms with Gasteiger partial charge in [-0.3, -0.25) is 0 Å². The van der Waals surface area contributed by atoms with Crippen LogP contribution < -0.4 is 5.32 Å². The lowest BCUT2D eigenvalue weighted by molar-refractivity contribution is 0.149. The first kappa shape index (κ1) is 9.01. The van der Waals surface area contributed by atoms with Crippen LogP contribution in [0.5, 0.6) is 0 Å². The molecule has 1 aliphatic rings. The highest BCUT2D eigenvalue weighted by Crippen LogP contribution is 2.17. The second-order valence-corrected chi connectivity index (χ2v) is 3.48. The Bertz CT molecular complexity index is 102. The molecule has 0 aliphatic heterocycles. The molecule has 1 unspecified atom stereocenters. The van der Waals surface area contributed by atoms with Gasteiger partial charge in [0.2, 0.25) is 0 Å². The summed E-state index contributed by atoms with van der Waals surface area (Å²) in [5, 5.41) is 12.7. The van der Waals surface area contributed by atoms with Crippen molar-refractivity contribution in [1.29, 1.82) is 0 Å². The largest absolute Gasteiger partial charge is 0.392 e. The van der Waals surface area contributed by atoms with E-state index in [4.69, 9.17) is 0 Å². The Morgan fingerprint density at radius 1 is 1.55 bits per heavy atom. The van der Waals surface area contributed by atoms with Crippen molar-refractivity contribution in [3.63, 3.8) is 0 Å². The van der Waals surface area contributed by atoms with E-state index in [-0.39, 0.29) is 6.10 Å². The van der Waals surface area contributed by atoms with Crippen LogP contribution in [0.4, 0.5) is 0 Å². The number of hydrogen-bond donors (Lipinski definition) is 2. The Morgan fingerprint density at radius 3 is 2.73 bits per heavy atom. The van der Waals surface area contributed by atoms with Crippen molar-refractivity contribution in [1.82, 2.24) is 5.32 Å². The zero-order chi connectivity index (χ0) is 8.10. The van der Waals surface area contributed by atoms with Gasteiger partial charge < -0.3 is 10.4 Å². The first-order chi connectivity index (χ1) is 5.33. The molecular weight excluding hydrogens is 138 g/mol. The Labute approximate surface area is 69.0 Å². The molecule has 0 bridgehead atoms. The van der Waals surface area contributed by atoms with Gasteiger partial charge in [0.05, 0.1) is 6.10 Å². The van der Waals surface area contributed by atoms with Crippen LogP contribution in [0.25, 0.3) is 0 Å². The predicted molar refractivity (Wildman–Crippen MR) is 46.6 cm³/mol. The number of aliphatic hydroxyl groups is 1. The van der Waals surface area contributed by atoms with Crippen LogP contribution in [-0.2, 0) is 0 Å². The van der Waals surface area contributed by atoms with Crippen LogP contribution in [0.2, 0.25) is 0 Å².